The Hall–Kier alpha value is -2.60. The van der Waals surface area contributed by atoms with Gasteiger partial charge >= 0.3 is 6.03 Å². The SMILES string of the molecule is CN(C)Cc1cc(NC(=O)NC2(C)CCOc3ccccc32)ccn1. The smallest absolute Gasteiger partial charge is 0.319 e. The zero-order valence-electron chi connectivity index (χ0n) is 14.9. The summed E-state index contributed by atoms with van der Waals surface area (Å²) in [5, 5.41) is 6.01. The van der Waals surface area contributed by atoms with Crippen molar-refractivity contribution >= 4 is 11.7 Å². The largest absolute Gasteiger partial charge is 0.493 e. The minimum Gasteiger partial charge on any atom is -0.493 e. The van der Waals surface area contributed by atoms with E-state index in [1.54, 1.807) is 12.3 Å². The van der Waals surface area contributed by atoms with Crippen molar-refractivity contribution in [3.63, 3.8) is 0 Å². The van der Waals surface area contributed by atoms with Gasteiger partial charge in [0.25, 0.3) is 0 Å². The molecule has 1 atom stereocenters. The molecule has 2 heterocycles. The van der Waals surface area contributed by atoms with Crippen molar-refractivity contribution in [1.29, 1.82) is 0 Å². The Morgan fingerprint density at radius 3 is 2.92 bits per heavy atom. The summed E-state index contributed by atoms with van der Waals surface area (Å²) in [5.74, 6) is 0.828. The van der Waals surface area contributed by atoms with Crippen LogP contribution in [0.2, 0.25) is 0 Å². The lowest BCUT2D eigenvalue weighted by Gasteiger charge is -2.36. The van der Waals surface area contributed by atoms with Crippen LogP contribution in [0.1, 0.15) is 24.6 Å². The van der Waals surface area contributed by atoms with Crippen molar-refractivity contribution in [2.45, 2.75) is 25.4 Å². The van der Waals surface area contributed by atoms with Crippen molar-refractivity contribution in [1.82, 2.24) is 15.2 Å². The van der Waals surface area contributed by atoms with Gasteiger partial charge in [0, 0.05) is 30.4 Å². The van der Waals surface area contributed by atoms with Crippen LogP contribution < -0.4 is 15.4 Å². The third kappa shape index (κ3) is 4.09. The molecule has 0 spiro atoms. The Bertz CT molecular complexity index is 763. The molecule has 0 fully saturated rings. The van der Waals surface area contributed by atoms with Crippen LogP contribution in [-0.4, -0.2) is 36.6 Å². The Kier molecular flexibility index (Phi) is 4.90. The van der Waals surface area contributed by atoms with Gasteiger partial charge in [0.05, 0.1) is 17.8 Å². The summed E-state index contributed by atoms with van der Waals surface area (Å²) in [6, 6.07) is 11.3. The molecule has 2 amide bonds. The highest BCUT2D eigenvalue weighted by Gasteiger charge is 2.34. The number of hydrogen-bond acceptors (Lipinski definition) is 4. The summed E-state index contributed by atoms with van der Waals surface area (Å²) in [5.41, 5.74) is 2.18. The van der Waals surface area contributed by atoms with E-state index in [2.05, 4.69) is 15.6 Å². The molecule has 2 N–H and O–H groups in total. The predicted octanol–water partition coefficient (Wildman–Crippen LogP) is 2.96. The summed E-state index contributed by atoms with van der Waals surface area (Å²) < 4.78 is 5.69. The lowest BCUT2D eigenvalue weighted by Crippen LogP contribution is -2.48. The van der Waals surface area contributed by atoms with Crippen molar-refractivity contribution in [2.24, 2.45) is 0 Å². The highest BCUT2D eigenvalue weighted by Crippen LogP contribution is 2.36. The molecule has 132 valence electrons. The minimum atomic E-state index is -0.460. The monoisotopic (exact) mass is 340 g/mol. The highest BCUT2D eigenvalue weighted by atomic mass is 16.5. The van der Waals surface area contributed by atoms with Crippen LogP contribution in [0, 0.1) is 0 Å². The Balaban J connectivity index is 1.71. The third-order valence-electron chi connectivity index (χ3n) is 4.28. The molecule has 2 aromatic rings. The molecular formula is C19H24N4O2. The molecule has 6 nitrogen and oxygen atoms in total. The molecular weight excluding hydrogens is 316 g/mol. The number of rotatable bonds is 4. The molecule has 0 bridgehead atoms. The first-order valence-electron chi connectivity index (χ1n) is 8.37. The fourth-order valence-corrected chi connectivity index (χ4v) is 3.06. The number of benzene rings is 1. The fourth-order valence-electron chi connectivity index (χ4n) is 3.06. The summed E-state index contributed by atoms with van der Waals surface area (Å²) in [6.45, 7) is 3.33. The van der Waals surface area contributed by atoms with E-state index in [1.165, 1.54) is 0 Å². The number of carbonyl (C=O) groups is 1. The van der Waals surface area contributed by atoms with E-state index in [0.717, 1.165) is 35.7 Å². The number of ether oxygens (including phenoxy) is 1. The first kappa shape index (κ1) is 17.2. The van der Waals surface area contributed by atoms with E-state index in [1.807, 2.05) is 56.3 Å². The molecule has 0 aliphatic carbocycles. The molecule has 1 aliphatic rings. The third-order valence-corrected chi connectivity index (χ3v) is 4.28. The van der Waals surface area contributed by atoms with Gasteiger partial charge in [-0.25, -0.2) is 4.79 Å². The quantitative estimate of drug-likeness (QED) is 0.898. The predicted molar refractivity (Wildman–Crippen MR) is 97.7 cm³/mol. The van der Waals surface area contributed by atoms with Gasteiger partial charge in [-0.15, -0.1) is 0 Å². The molecule has 1 aromatic carbocycles. The number of aromatic nitrogens is 1. The number of para-hydroxylation sites is 1. The molecule has 3 rings (SSSR count). The number of pyridine rings is 1. The Morgan fingerprint density at radius 1 is 1.32 bits per heavy atom. The number of hydrogen-bond donors (Lipinski definition) is 2. The zero-order chi connectivity index (χ0) is 17.9. The van der Waals surface area contributed by atoms with Gasteiger partial charge < -0.3 is 20.3 Å². The summed E-state index contributed by atoms with van der Waals surface area (Å²) in [4.78, 5) is 18.9. The van der Waals surface area contributed by atoms with Gasteiger partial charge in [-0.3, -0.25) is 4.98 Å². The van der Waals surface area contributed by atoms with Gasteiger partial charge in [0.2, 0.25) is 0 Å². The van der Waals surface area contributed by atoms with Gasteiger partial charge in [-0.2, -0.15) is 0 Å². The lowest BCUT2D eigenvalue weighted by atomic mass is 9.86. The van der Waals surface area contributed by atoms with Crippen LogP contribution in [-0.2, 0) is 12.1 Å². The summed E-state index contributed by atoms with van der Waals surface area (Å²) >= 11 is 0. The van der Waals surface area contributed by atoms with Gasteiger partial charge in [0.1, 0.15) is 5.75 Å². The molecule has 0 radical (unpaired) electrons. The average molecular weight is 340 g/mol. The van der Waals surface area contributed by atoms with E-state index in [9.17, 15) is 4.79 Å². The second-order valence-electron chi connectivity index (χ2n) is 6.78. The lowest BCUT2D eigenvalue weighted by molar-refractivity contribution is 0.194. The van der Waals surface area contributed by atoms with Crippen LogP contribution >= 0.6 is 0 Å². The molecule has 1 aromatic heterocycles. The minimum absolute atomic E-state index is 0.235. The maximum atomic E-state index is 12.5. The first-order chi connectivity index (χ1) is 12.0. The van der Waals surface area contributed by atoms with Gasteiger partial charge in [-0.1, -0.05) is 18.2 Å². The molecule has 1 unspecified atom stereocenters. The van der Waals surface area contributed by atoms with E-state index in [4.69, 9.17) is 4.74 Å². The van der Waals surface area contributed by atoms with Crippen LogP contribution in [0.25, 0.3) is 0 Å². The van der Waals surface area contributed by atoms with E-state index < -0.39 is 5.54 Å². The topological polar surface area (TPSA) is 66.5 Å². The number of nitrogens with zero attached hydrogens (tertiary/aromatic N) is 2. The normalized spacial score (nSPS) is 19.0. The van der Waals surface area contributed by atoms with Gasteiger partial charge in [-0.05, 0) is 39.2 Å². The van der Waals surface area contributed by atoms with E-state index in [-0.39, 0.29) is 6.03 Å². The second-order valence-corrected chi connectivity index (χ2v) is 6.78. The maximum Gasteiger partial charge on any atom is 0.319 e. The van der Waals surface area contributed by atoms with Crippen LogP contribution in [0.5, 0.6) is 5.75 Å². The zero-order valence-corrected chi connectivity index (χ0v) is 14.9. The molecule has 6 heteroatoms. The molecule has 0 saturated heterocycles. The number of anilines is 1. The molecule has 1 aliphatic heterocycles. The Labute approximate surface area is 148 Å². The second kappa shape index (κ2) is 7.11. The first-order valence-corrected chi connectivity index (χ1v) is 8.37. The van der Waals surface area contributed by atoms with Crippen LogP contribution in [0.3, 0.4) is 0 Å². The fraction of sp³-hybridized carbons (Fsp3) is 0.368. The maximum absolute atomic E-state index is 12.5. The van der Waals surface area contributed by atoms with E-state index >= 15 is 0 Å². The number of nitrogens with one attached hydrogen (secondary N) is 2. The van der Waals surface area contributed by atoms with Crippen molar-refractivity contribution in [2.75, 3.05) is 26.0 Å². The number of urea groups is 1. The van der Waals surface area contributed by atoms with Gasteiger partial charge in [0.15, 0.2) is 0 Å². The van der Waals surface area contributed by atoms with Crippen LogP contribution in [0.15, 0.2) is 42.6 Å². The highest BCUT2D eigenvalue weighted by molar-refractivity contribution is 5.90. The van der Waals surface area contributed by atoms with Crippen molar-refractivity contribution in [3.8, 4) is 5.75 Å². The standard InChI is InChI=1S/C19H24N4O2/c1-19(9-11-25-17-7-5-4-6-16(17)19)22-18(24)21-14-8-10-20-15(12-14)13-23(2)3/h4-8,10,12H,9,11,13H2,1-3H3,(H2,20,21,22,24). The Morgan fingerprint density at radius 2 is 2.12 bits per heavy atom. The molecule has 0 saturated carbocycles. The molecule has 25 heavy (non-hydrogen) atoms. The van der Waals surface area contributed by atoms with Crippen LogP contribution in [0.4, 0.5) is 10.5 Å². The number of amides is 2. The van der Waals surface area contributed by atoms with E-state index in [0.29, 0.717) is 6.61 Å². The average Bonchev–Trinajstić information content (AvgIpc) is 2.54. The summed E-state index contributed by atoms with van der Waals surface area (Å²) in [6.07, 6.45) is 2.43. The van der Waals surface area contributed by atoms with Crippen molar-refractivity contribution in [3.05, 3.63) is 53.9 Å². The van der Waals surface area contributed by atoms with Crippen molar-refractivity contribution < 1.29 is 9.53 Å². The summed E-state index contributed by atoms with van der Waals surface area (Å²) in [7, 11) is 3.97. The number of fused-ring (bicyclic) bond motifs is 1. The number of carbonyl (C=O) groups excluding carboxylic acids is 1.